The molecule has 0 saturated carbocycles. The standard InChI is InChI=1S/C45H30N2S/c1-29-25-34(21-22-35(29)45-28-32-11-5-10-18-44(32)48-45)47-41-17-9-7-15-37(41)39-27-31(20-24-43(39)47)30-19-23-42-38(26-30)36-14-6-8-16-40(36)46(42)33-12-3-2-4-13-33/h2-28H,1H3. The smallest absolute Gasteiger partial charge is 0.0541 e. The Hall–Kier alpha value is -5.90. The molecule has 0 saturated heterocycles. The van der Waals surface area contributed by atoms with Crippen molar-refractivity contribution in [3.63, 3.8) is 0 Å². The van der Waals surface area contributed by atoms with E-state index in [1.165, 1.54) is 92.2 Å². The molecule has 0 aliphatic carbocycles. The van der Waals surface area contributed by atoms with E-state index in [-0.39, 0.29) is 0 Å². The zero-order chi connectivity index (χ0) is 31.8. The Morgan fingerprint density at radius 1 is 0.417 bits per heavy atom. The van der Waals surface area contributed by atoms with Gasteiger partial charge < -0.3 is 9.13 Å². The summed E-state index contributed by atoms with van der Waals surface area (Å²) in [6.07, 6.45) is 0. The minimum atomic E-state index is 1.18. The number of para-hydroxylation sites is 3. The van der Waals surface area contributed by atoms with Crippen LogP contribution < -0.4 is 0 Å². The largest absolute Gasteiger partial charge is 0.309 e. The molecular weight excluding hydrogens is 601 g/mol. The van der Waals surface area contributed by atoms with Crippen molar-refractivity contribution in [1.82, 2.24) is 9.13 Å². The Morgan fingerprint density at radius 2 is 0.979 bits per heavy atom. The fourth-order valence-corrected chi connectivity index (χ4v) is 8.77. The molecule has 0 amide bonds. The van der Waals surface area contributed by atoms with Gasteiger partial charge in [-0.25, -0.2) is 0 Å². The lowest BCUT2D eigenvalue weighted by Crippen LogP contribution is -1.95. The first-order valence-corrected chi connectivity index (χ1v) is 17.3. The molecule has 0 N–H and O–H groups in total. The molecule has 7 aromatic carbocycles. The SMILES string of the molecule is Cc1cc(-n2c3ccccc3c3cc(-c4ccc5c(c4)c4ccccc4n5-c4ccccc4)ccc32)ccc1-c1cc2ccccc2s1. The molecule has 48 heavy (non-hydrogen) atoms. The van der Waals surface area contributed by atoms with Gasteiger partial charge in [0, 0.05) is 42.5 Å². The van der Waals surface area contributed by atoms with Crippen LogP contribution in [0.2, 0.25) is 0 Å². The summed E-state index contributed by atoms with van der Waals surface area (Å²) in [6, 6.07) is 60.0. The highest BCUT2D eigenvalue weighted by Gasteiger charge is 2.17. The summed E-state index contributed by atoms with van der Waals surface area (Å²) in [6.45, 7) is 2.24. The van der Waals surface area contributed by atoms with Crippen LogP contribution in [0.25, 0.3) is 86.6 Å². The van der Waals surface area contributed by atoms with Crippen molar-refractivity contribution in [3.05, 3.63) is 169 Å². The molecule has 0 fully saturated rings. The summed E-state index contributed by atoms with van der Waals surface area (Å²) in [5, 5.41) is 6.37. The van der Waals surface area contributed by atoms with E-state index >= 15 is 0 Å². The quantitative estimate of drug-likeness (QED) is 0.183. The summed E-state index contributed by atoms with van der Waals surface area (Å²) in [5.41, 5.74) is 12.3. The summed E-state index contributed by atoms with van der Waals surface area (Å²) in [5.74, 6) is 0. The van der Waals surface area contributed by atoms with E-state index in [4.69, 9.17) is 0 Å². The van der Waals surface area contributed by atoms with Crippen molar-refractivity contribution >= 4 is 65.0 Å². The Kier molecular flexibility index (Phi) is 5.99. The average molecular weight is 631 g/mol. The summed E-state index contributed by atoms with van der Waals surface area (Å²) >= 11 is 1.87. The Bertz CT molecular complexity index is 2810. The highest BCUT2D eigenvalue weighted by Crippen LogP contribution is 2.40. The first-order valence-electron chi connectivity index (χ1n) is 16.4. The van der Waals surface area contributed by atoms with Gasteiger partial charge in [-0.15, -0.1) is 11.3 Å². The van der Waals surface area contributed by atoms with E-state index in [0.29, 0.717) is 0 Å². The predicted octanol–water partition coefficient (Wildman–Crippen LogP) is 12.7. The number of benzene rings is 7. The number of rotatable bonds is 4. The van der Waals surface area contributed by atoms with E-state index in [1.54, 1.807) is 0 Å². The molecule has 0 atom stereocenters. The van der Waals surface area contributed by atoms with Crippen LogP contribution >= 0.6 is 11.3 Å². The second-order valence-electron chi connectivity index (χ2n) is 12.7. The summed E-state index contributed by atoms with van der Waals surface area (Å²) in [4.78, 5) is 1.32. The van der Waals surface area contributed by atoms with Crippen LogP contribution in [0.15, 0.2) is 164 Å². The monoisotopic (exact) mass is 630 g/mol. The number of hydrogen-bond acceptors (Lipinski definition) is 1. The fourth-order valence-electron chi connectivity index (χ4n) is 7.62. The Balaban J connectivity index is 1.11. The molecule has 10 aromatic rings. The molecule has 0 aliphatic rings. The lowest BCUT2D eigenvalue weighted by molar-refractivity contribution is 1.17. The summed E-state index contributed by atoms with van der Waals surface area (Å²) in [7, 11) is 0. The van der Waals surface area contributed by atoms with Crippen LogP contribution in [0, 0.1) is 6.92 Å². The van der Waals surface area contributed by atoms with E-state index in [2.05, 4.69) is 180 Å². The zero-order valence-corrected chi connectivity index (χ0v) is 27.2. The number of nitrogens with zero attached hydrogens (tertiary/aromatic N) is 2. The molecule has 0 spiro atoms. The molecular formula is C45H30N2S. The molecule has 2 nitrogen and oxygen atoms in total. The van der Waals surface area contributed by atoms with Crippen LogP contribution in [0.3, 0.4) is 0 Å². The topological polar surface area (TPSA) is 9.86 Å². The van der Waals surface area contributed by atoms with E-state index < -0.39 is 0 Å². The minimum Gasteiger partial charge on any atom is -0.309 e. The van der Waals surface area contributed by atoms with Crippen LogP contribution in [0.1, 0.15) is 5.56 Å². The van der Waals surface area contributed by atoms with Crippen LogP contribution in [-0.2, 0) is 0 Å². The minimum absolute atomic E-state index is 1.18. The van der Waals surface area contributed by atoms with Crippen molar-refractivity contribution in [1.29, 1.82) is 0 Å². The Morgan fingerprint density at radius 3 is 1.62 bits per heavy atom. The average Bonchev–Trinajstić information content (AvgIpc) is 3.81. The third-order valence-corrected chi connectivity index (χ3v) is 11.0. The van der Waals surface area contributed by atoms with E-state index in [1.807, 2.05) is 11.3 Å². The molecule has 0 aliphatic heterocycles. The van der Waals surface area contributed by atoms with Gasteiger partial charge >= 0.3 is 0 Å². The first-order chi connectivity index (χ1) is 23.7. The van der Waals surface area contributed by atoms with Gasteiger partial charge in [-0.1, -0.05) is 91.0 Å². The van der Waals surface area contributed by atoms with E-state index in [0.717, 1.165) is 0 Å². The number of aromatic nitrogens is 2. The van der Waals surface area contributed by atoms with Gasteiger partial charge in [0.15, 0.2) is 0 Å². The normalized spacial score (nSPS) is 11.9. The van der Waals surface area contributed by atoms with Crippen molar-refractivity contribution in [2.24, 2.45) is 0 Å². The Labute approximate surface area is 282 Å². The molecule has 3 aromatic heterocycles. The van der Waals surface area contributed by atoms with Gasteiger partial charge in [-0.3, -0.25) is 0 Å². The lowest BCUT2D eigenvalue weighted by Gasteiger charge is -2.12. The van der Waals surface area contributed by atoms with Crippen molar-refractivity contribution in [3.8, 4) is 32.9 Å². The number of aryl methyl sites for hydroxylation is 1. The van der Waals surface area contributed by atoms with Crippen molar-refractivity contribution < 1.29 is 0 Å². The van der Waals surface area contributed by atoms with Gasteiger partial charge in [-0.2, -0.15) is 0 Å². The van der Waals surface area contributed by atoms with Gasteiger partial charge in [0.2, 0.25) is 0 Å². The molecule has 226 valence electrons. The highest BCUT2D eigenvalue weighted by atomic mass is 32.1. The van der Waals surface area contributed by atoms with Gasteiger partial charge in [0.05, 0.1) is 22.1 Å². The van der Waals surface area contributed by atoms with Crippen molar-refractivity contribution in [2.75, 3.05) is 0 Å². The maximum absolute atomic E-state index is 2.42. The number of thiophene rings is 1. The highest BCUT2D eigenvalue weighted by molar-refractivity contribution is 7.22. The maximum atomic E-state index is 2.42. The van der Waals surface area contributed by atoms with Crippen LogP contribution in [0.4, 0.5) is 0 Å². The molecule has 0 unspecified atom stereocenters. The van der Waals surface area contributed by atoms with Crippen LogP contribution in [0.5, 0.6) is 0 Å². The first kappa shape index (κ1) is 27.2. The third kappa shape index (κ3) is 4.11. The van der Waals surface area contributed by atoms with E-state index in [9.17, 15) is 0 Å². The molecule has 0 bridgehead atoms. The number of hydrogen-bond donors (Lipinski definition) is 0. The van der Waals surface area contributed by atoms with Gasteiger partial charge in [0.1, 0.15) is 0 Å². The molecule has 0 radical (unpaired) electrons. The lowest BCUT2D eigenvalue weighted by atomic mass is 10.0. The third-order valence-electron chi connectivity index (χ3n) is 9.85. The zero-order valence-electron chi connectivity index (χ0n) is 26.4. The maximum Gasteiger partial charge on any atom is 0.0541 e. The second-order valence-corrected chi connectivity index (χ2v) is 13.7. The predicted molar refractivity (Wildman–Crippen MR) is 206 cm³/mol. The molecule has 10 rings (SSSR count). The van der Waals surface area contributed by atoms with Crippen LogP contribution in [-0.4, -0.2) is 9.13 Å². The number of fused-ring (bicyclic) bond motifs is 7. The molecule has 3 heteroatoms. The summed E-state index contributed by atoms with van der Waals surface area (Å²) < 4.78 is 6.13. The fraction of sp³-hybridized carbons (Fsp3) is 0.0222. The molecule has 3 heterocycles. The second kappa shape index (κ2) is 10.6. The van der Waals surface area contributed by atoms with Gasteiger partial charge in [-0.05, 0) is 107 Å². The van der Waals surface area contributed by atoms with Crippen molar-refractivity contribution in [2.45, 2.75) is 6.92 Å². The van der Waals surface area contributed by atoms with Gasteiger partial charge in [0.25, 0.3) is 0 Å².